The van der Waals surface area contributed by atoms with Crippen molar-refractivity contribution in [1.29, 1.82) is 0 Å². The SMILES string of the molecule is O=C(OCc1cccc(Cl)c1)C1CCCCN1S(=O)(=O)c1ccccc1. The first kappa shape index (κ1) is 18.9. The number of carbonyl (C=O) groups is 1. The van der Waals surface area contributed by atoms with E-state index >= 15 is 0 Å². The van der Waals surface area contributed by atoms with Gasteiger partial charge in [-0.2, -0.15) is 4.31 Å². The summed E-state index contributed by atoms with van der Waals surface area (Å²) < 4.78 is 32.5. The molecule has 1 unspecified atom stereocenters. The van der Waals surface area contributed by atoms with Gasteiger partial charge in [-0.15, -0.1) is 0 Å². The van der Waals surface area contributed by atoms with Crippen LogP contribution in [0.2, 0.25) is 5.02 Å². The van der Waals surface area contributed by atoms with Crippen LogP contribution in [0.4, 0.5) is 0 Å². The van der Waals surface area contributed by atoms with Crippen molar-refractivity contribution in [1.82, 2.24) is 4.31 Å². The fourth-order valence-corrected chi connectivity index (χ4v) is 4.91. The van der Waals surface area contributed by atoms with Crippen molar-refractivity contribution in [2.24, 2.45) is 0 Å². The number of hydrogen-bond acceptors (Lipinski definition) is 4. The molecule has 3 rings (SSSR count). The molecule has 0 spiro atoms. The van der Waals surface area contributed by atoms with Crippen molar-refractivity contribution >= 4 is 27.6 Å². The minimum Gasteiger partial charge on any atom is -0.460 e. The van der Waals surface area contributed by atoms with Gasteiger partial charge in [0.15, 0.2) is 0 Å². The molecule has 2 aromatic carbocycles. The number of sulfonamides is 1. The van der Waals surface area contributed by atoms with E-state index in [1.165, 1.54) is 16.4 Å². The van der Waals surface area contributed by atoms with Crippen molar-refractivity contribution in [3.05, 3.63) is 65.2 Å². The Morgan fingerprint density at radius 1 is 1.12 bits per heavy atom. The van der Waals surface area contributed by atoms with Gasteiger partial charge < -0.3 is 4.74 Å². The average Bonchev–Trinajstić information content (AvgIpc) is 2.67. The van der Waals surface area contributed by atoms with Gasteiger partial charge in [0.1, 0.15) is 12.6 Å². The molecule has 2 aromatic rings. The van der Waals surface area contributed by atoms with E-state index in [2.05, 4.69) is 0 Å². The van der Waals surface area contributed by atoms with Gasteiger partial charge in [0.05, 0.1) is 4.90 Å². The van der Waals surface area contributed by atoms with Crippen LogP contribution in [0.15, 0.2) is 59.5 Å². The maximum atomic E-state index is 12.9. The summed E-state index contributed by atoms with van der Waals surface area (Å²) in [5.41, 5.74) is 0.763. The standard InChI is InChI=1S/C19H20ClNO4S/c20-16-8-6-7-15(13-16)14-25-19(22)18-11-4-5-12-21(18)26(23,24)17-9-2-1-3-10-17/h1-3,6-10,13,18H,4-5,11-12,14H2. The third kappa shape index (κ3) is 4.26. The van der Waals surface area contributed by atoms with E-state index in [1.54, 1.807) is 42.5 Å². The zero-order valence-electron chi connectivity index (χ0n) is 14.2. The normalized spacial score (nSPS) is 18.4. The summed E-state index contributed by atoms with van der Waals surface area (Å²) in [6, 6.07) is 14.4. The van der Waals surface area contributed by atoms with E-state index in [0.717, 1.165) is 18.4 Å². The summed E-state index contributed by atoms with van der Waals surface area (Å²) in [5, 5.41) is 0.560. The van der Waals surface area contributed by atoms with E-state index in [9.17, 15) is 13.2 Å². The molecule has 1 atom stereocenters. The van der Waals surface area contributed by atoms with Gasteiger partial charge in [0.25, 0.3) is 0 Å². The highest BCUT2D eigenvalue weighted by Crippen LogP contribution is 2.26. The molecule has 0 aromatic heterocycles. The first-order valence-corrected chi connectivity index (χ1v) is 10.3. The molecule has 26 heavy (non-hydrogen) atoms. The lowest BCUT2D eigenvalue weighted by Crippen LogP contribution is -2.48. The number of esters is 1. The maximum absolute atomic E-state index is 12.9. The van der Waals surface area contributed by atoms with Crippen LogP contribution in [0.5, 0.6) is 0 Å². The molecule has 1 fully saturated rings. The number of rotatable bonds is 5. The Balaban J connectivity index is 1.75. The van der Waals surface area contributed by atoms with Gasteiger partial charge in [-0.1, -0.05) is 41.9 Å². The number of carbonyl (C=O) groups excluding carboxylic acids is 1. The van der Waals surface area contributed by atoms with Gasteiger partial charge in [-0.05, 0) is 49.1 Å². The maximum Gasteiger partial charge on any atom is 0.324 e. The molecular formula is C19H20ClNO4S. The molecule has 1 saturated heterocycles. The summed E-state index contributed by atoms with van der Waals surface area (Å²) in [6.07, 6.45) is 1.97. The third-order valence-corrected chi connectivity index (χ3v) is 6.50. The summed E-state index contributed by atoms with van der Waals surface area (Å²) in [5.74, 6) is -0.524. The molecule has 0 amide bonds. The first-order valence-electron chi connectivity index (χ1n) is 8.46. The summed E-state index contributed by atoms with van der Waals surface area (Å²) in [4.78, 5) is 12.8. The molecule has 0 N–H and O–H groups in total. The molecular weight excluding hydrogens is 374 g/mol. The third-order valence-electron chi connectivity index (χ3n) is 4.35. The minimum atomic E-state index is -3.73. The summed E-state index contributed by atoms with van der Waals surface area (Å²) in [7, 11) is -3.73. The molecule has 1 aliphatic heterocycles. The lowest BCUT2D eigenvalue weighted by Gasteiger charge is -2.33. The minimum absolute atomic E-state index is 0.0646. The molecule has 0 saturated carbocycles. The predicted molar refractivity (Wildman–Crippen MR) is 99.2 cm³/mol. The van der Waals surface area contributed by atoms with E-state index in [-0.39, 0.29) is 11.5 Å². The number of hydrogen-bond donors (Lipinski definition) is 0. The molecule has 1 heterocycles. The largest absolute Gasteiger partial charge is 0.460 e. The Kier molecular flexibility index (Phi) is 5.96. The average molecular weight is 394 g/mol. The second-order valence-corrected chi connectivity index (χ2v) is 8.51. The van der Waals surface area contributed by atoms with Crippen molar-refractivity contribution < 1.29 is 17.9 Å². The Labute approximate surface area is 158 Å². The fourth-order valence-electron chi connectivity index (χ4n) is 3.03. The van der Waals surface area contributed by atoms with Crippen molar-refractivity contribution in [2.75, 3.05) is 6.54 Å². The van der Waals surface area contributed by atoms with Crippen LogP contribution in [0.25, 0.3) is 0 Å². The monoisotopic (exact) mass is 393 g/mol. The van der Waals surface area contributed by atoms with Crippen molar-refractivity contribution in [2.45, 2.75) is 36.8 Å². The topological polar surface area (TPSA) is 63.7 Å². The molecule has 0 aliphatic carbocycles. The lowest BCUT2D eigenvalue weighted by molar-refractivity contribution is -0.150. The van der Waals surface area contributed by atoms with Crippen molar-refractivity contribution in [3.8, 4) is 0 Å². The molecule has 1 aliphatic rings. The fraction of sp³-hybridized carbons (Fsp3) is 0.316. The zero-order chi connectivity index (χ0) is 18.6. The van der Waals surface area contributed by atoms with Gasteiger partial charge in [0, 0.05) is 11.6 Å². The Bertz CT molecular complexity index is 870. The second kappa shape index (κ2) is 8.20. The van der Waals surface area contributed by atoms with E-state index in [1.807, 2.05) is 0 Å². The Morgan fingerprint density at radius 2 is 1.88 bits per heavy atom. The predicted octanol–water partition coefficient (Wildman–Crippen LogP) is 3.63. The van der Waals surface area contributed by atoms with E-state index < -0.39 is 22.0 Å². The van der Waals surface area contributed by atoms with Crippen LogP contribution in [0.3, 0.4) is 0 Å². The van der Waals surface area contributed by atoms with Crippen LogP contribution >= 0.6 is 11.6 Å². The first-order chi connectivity index (χ1) is 12.5. The highest BCUT2D eigenvalue weighted by molar-refractivity contribution is 7.89. The molecule has 7 heteroatoms. The lowest BCUT2D eigenvalue weighted by atomic mass is 10.1. The number of piperidine rings is 1. The number of halogens is 1. The van der Waals surface area contributed by atoms with E-state index in [0.29, 0.717) is 18.0 Å². The molecule has 0 bridgehead atoms. The Hall–Kier alpha value is -1.89. The van der Waals surface area contributed by atoms with Crippen LogP contribution in [0, 0.1) is 0 Å². The van der Waals surface area contributed by atoms with Gasteiger partial charge in [0.2, 0.25) is 10.0 Å². The molecule has 5 nitrogen and oxygen atoms in total. The molecule has 138 valence electrons. The second-order valence-electron chi connectivity index (χ2n) is 6.18. The number of nitrogens with zero attached hydrogens (tertiary/aromatic N) is 1. The quantitative estimate of drug-likeness (QED) is 0.728. The summed E-state index contributed by atoms with van der Waals surface area (Å²) >= 11 is 5.93. The number of ether oxygens (including phenoxy) is 1. The van der Waals surface area contributed by atoms with Gasteiger partial charge >= 0.3 is 5.97 Å². The van der Waals surface area contributed by atoms with Crippen LogP contribution in [-0.4, -0.2) is 31.3 Å². The molecule has 0 radical (unpaired) electrons. The van der Waals surface area contributed by atoms with Crippen molar-refractivity contribution in [3.63, 3.8) is 0 Å². The van der Waals surface area contributed by atoms with Crippen LogP contribution in [-0.2, 0) is 26.2 Å². The highest BCUT2D eigenvalue weighted by atomic mass is 35.5. The van der Waals surface area contributed by atoms with Gasteiger partial charge in [-0.3, -0.25) is 4.79 Å². The summed E-state index contributed by atoms with van der Waals surface area (Å²) in [6.45, 7) is 0.378. The zero-order valence-corrected chi connectivity index (χ0v) is 15.7. The van der Waals surface area contributed by atoms with E-state index in [4.69, 9.17) is 16.3 Å². The smallest absolute Gasteiger partial charge is 0.324 e. The van der Waals surface area contributed by atoms with Crippen LogP contribution in [0.1, 0.15) is 24.8 Å². The van der Waals surface area contributed by atoms with Gasteiger partial charge in [-0.25, -0.2) is 8.42 Å². The number of benzene rings is 2. The highest BCUT2D eigenvalue weighted by Gasteiger charge is 2.38. The van der Waals surface area contributed by atoms with Crippen LogP contribution < -0.4 is 0 Å². The Morgan fingerprint density at radius 3 is 2.62 bits per heavy atom.